The van der Waals surface area contributed by atoms with Crippen LogP contribution in [0.2, 0.25) is 5.15 Å². The molecule has 1 unspecified atom stereocenters. The SMILES string of the molecule is Cc1nn(Cc2ccccc2)c(Cl)c1C(=O)N(C)C(C)c1ccccc1. The van der Waals surface area contributed by atoms with Gasteiger partial charge in [0.1, 0.15) is 5.15 Å². The third kappa shape index (κ3) is 3.65. The molecule has 3 rings (SSSR count). The van der Waals surface area contributed by atoms with Gasteiger partial charge in [-0.1, -0.05) is 72.3 Å². The summed E-state index contributed by atoms with van der Waals surface area (Å²) in [5.74, 6) is -0.122. The highest BCUT2D eigenvalue weighted by molar-refractivity contribution is 6.33. The van der Waals surface area contributed by atoms with Crippen LogP contribution in [-0.4, -0.2) is 27.6 Å². The number of aromatic nitrogens is 2. The zero-order valence-corrected chi connectivity index (χ0v) is 15.9. The monoisotopic (exact) mass is 367 g/mol. The van der Waals surface area contributed by atoms with Crippen molar-refractivity contribution in [2.45, 2.75) is 26.4 Å². The van der Waals surface area contributed by atoms with E-state index in [-0.39, 0.29) is 11.9 Å². The molecule has 5 heteroatoms. The number of amides is 1. The Hall–Kier alpha value is -2.59. The Labute approximate surface area is 159 Å². The standard InChI is InChI=1S/C21H22ClN3O/c1-15-19(20(22)25(23-15)14-17-10-6-4-7-11-17)21(26)24(3)16(2)18-12-8-5-9-13-18/h4-13,16H,14H2,1-3H3. The van der Waals surface area contributed by atoms with Crippen LogP contribution < -0.4 is 0 Å². The molecule has 3 aromatic rings. The van der Waals surface area contributed by atoms with Crippen LogP contribution >= 0.6 is 11.6 Å². The number of hydrogen-bond donors (Lipinski definition) is 0. The topological polar surface area (TPSA) is 38.1 Å². The van der Waals surface area contributed by atoms with Crippen LogP contribution in [0.15, 0.2) is 60.7 Å². The molecular formula is C21H22ClN3O. The summed E-state index contributed by atoms with van der Waals surface area (Å²) in [5, 5.41) is 4.86. The summed E-state index contributed by atoms with van der Waals surface area (Å²) in [4.78, 5) is 14.8. The summed E-state index contributed by atoms with van der Waals surface area (Å²) in [7, 11) is 1.80. The minimum Gasteiger partial charge on any atom is -0.335 e. The predicted molar refractivity (Wildman–Crippen MR) is 104 cm³/mol. The molecule has 0 bridgehead atoms. The van der Waals surface area contributed by atoms with Crippen LogP contribution in [0.25, 0.3) is 0 Å². The van der Waals surface area contributed by atoms with Crippen molar-refractivity contribution in [2.24, 2.45) is 0 Å². The summed E-state index contributed by atoms with van der Waals surface area (Å²) in [6.45, 7) is 4.36. The molecule has 0 saturated carbocycles. The summed E-state index contributed by atoms with van der Waals surface area (Å²) in [6, 6.07) is 19.8. The smallest absolute Gasteiger partial charge is 0.259 e. The number of aryl methyl sites for hydroxylation is 1. The highest BCUT2D eigenvalue weighted by Gasteiger charge is 2.26. The van der Waals surface area contributed by atoms with Gasteiger partial charge in [-0.3, -0.25) is 4.79 Å². The fourth-order valence-corrected chi connectivity index (χ4v) is 3.28. The van der Waals surface area contributed by atoms with E-state index in [4.69, 9.17) is 11.6 Å². The minimum absolute atomic E-state index is 0.0587. The van der Waals surface area contributed by atoms with E-state index < -0.39 is 0 Å². The zero-order chi connectivity index (χ0) is 18.7. The molecule has 0 aliphatic carbocycles. The molecule has 26 heavy (non-hydrogen) atoms. The van der Waals surface area contributed by atoms with Gasteiger partial charge in [0.05, 0.1) is 23.8 Å². The summed E-state index contributed by atoms with van der Waals surface area (Å²) < 4.78 is 1.68. The Bertz CT molecular complexity index is 890. The first kappa shape index (κ1) is 18.2. The van der Waals surface area contributed by atoms with Gasteiger partial charge >= 0.3 is 0 Å². The molecule has 2 aromatic carbocycles. The van der Waals surface area contributed by atoms with Gasteiger partial charge in [0.2, 0.25) is 0 Å². The molecular weight excluding hydrogens is 346 g/mol. The van der Waals surface area contributed by atoms with Crippen molar-refractivity contribution in [3.63, 3.8) is 0 Å². The van der Waals surface area contributed by atoms with E-state index in [9.17, 15) is 4.79 Å². The van der Waals surface area contributed by atoms with Crippen molar-refractivity contribution in [2.75, 3.05) is 7.05 Å². The molecule has 0 N–H and O–H groups in total. The highest BCUT2D eigenvalue weighted by atomic mass is 35.5. The number of hydrogen-bond acceptors (Lipinski definition) is 2. The number of nitrogens with zero attached hydrogens (tertiary/aromatic N) is 3. The number of rotatable bonds is 5. The Kier molecular flexibility index (Phi) is 5.43. The summed E-state index contributed by atoms with van der Waals surface area (Å²) >= 11 is 6.52. The van der Waals surface area contributed by atoms with E-state index in [2.05, 4.69) is 5.10 Å². The van der Waals surface area contributed by atoms with Gasteiger partial charge in [-0.15, -0.1) is 0 Å². The summed E-state index contributed by atoms with van der Waals surface area (Å²) in [6.07, 6.45) is 0. The zero-order valence-electron chi connectivity index (χ0n) is 15.2. The van der Waals surface area contributed by atoms with Crippen molar-refractivity contribution in [1.29, 1.82) is 0 Å². The van der Waals surface area contributed by atoms with Gasteiger partial charge in [0, 0.05) is 7.05 Å². The van der Waals surface area contributed by atoms with Crippen LogP contribution in [0.1, 0.15) is 40.1 Å². The van der Waals surface area contributed by atoms with E-state index >= 15 is 0 Å². The number of carbonyl (C=O) groups excluding carboxylic acids is 1. The lowest BCUT2D eigenvalue weighted by molar-refractivity contribution is 0.0742. The Balaban J connectivity index is 1.85. The fraction of sp³-hybridized carbons (Fsp3) is 0.238. The maximum atomic E-state index is 13.1. The average Bonchev–Trinajstić information content (AvgIpc) is 2.94. The normalized spacial score (nSPS) is 12.0. The average molecular weight is 368 g/mol. The van der Waals surface area contributed by atoms with E-state index in [1.165, 1.54) is 0 Å². The number of carbonyl (C=O) groups is 1. The molecule has 1 amide bonds. The molecule has 1 aromatic heterocycles. The van der Waals surface area contributed by atoms with Crippen LogP contribution in [0.4, 0.5) is 0 Å². The molecule has 1 atom stereocenters. The fourth-order valence-electron chi connectivity index (χ4n) is 2.96. The quantitative estimate of drug-likeness (QED) is 0.654. The lowest BCUT2D eigenvalue weighted by Gasteiger charge is -2.25. The number of benzene rings is 2. The molecule has 0 saturated heterocycles. The highest BCUT2D eigenvalue weighted by Crippen LogP contribution is 2.26. The molecule has 0 aliphatic rings. The van der Waals surface area contributed by atoms with Gasteiger partial charge in [-0.05, 0) is 25.0 Å². The predicted octanol–water partition coefficient (Wildman–Crippen LogP) is 4.73. The van der Waals surface area contributed by atoms with Crippen LogP contribution in [0.5, 0.6) is 0 Å². The van der Waals surface area contributed by atoms with Gasteiger partial charge in [-0.2, -0.15) is 5.10 Å². The van der Waals surface area contributed by atoms with E-state index in [0.717, 1.165) is 11.1 Å². The van der Waals surface area contributed by atoms with Gasteiger partial charge in [0.25, 0.3) is 5.91 Å². The van der Waals surface area contributed by atoms with Crippen molar-refractivity contribution >= 4 is 17.5 Å². The van der Waals surface area contributed by atoms with Crippen LogP contribution in [0, 0.1) is 6.92 Å². The minimum atomic E-state index is -0.122. The first-order chi connectivity index (χ1) is 12.5. The van der Waals surface area contributed by atoms with E-state index in [1.807, 2.05) is 74.5 Å². The van der Waals surface area contributed by atoms with Crippen molar-refractivity contribution in [1.82, 2.24) is 14.7 Å². The van der Waals surface area contributed by atoms with Crippen LogP contribution in [-0.2, 0) is 6.54 Å². The second-order valence-electron chi connectivity index (χ2n) is 6.40. The van der Waals surface area contributed by atoms with Crippen molar-refractivity contribution < 1.29 is 4.79 Å². The Morgan fingerprint density at radius 3 is 2.31 bits per heavy atom. The van der Waals surface area contributed by atoms with Gasteiger partial charge in [0.15, 0.2) is 0 Å². The van der Waals surface area contributed by atoms with Crippen molar-refractivity contribution in [3.8, 4) is 0 Å². The third-order valence-electron chi connectivity index (χ3n) is 4.64. The van der Waals surface area contributed by atoms with Gasteiger partial charge < -0.3 is 4.90 Å². The molecule has 4 nitrogen and oxygen atoms in total. The van der Waals surface area contributed by atoms with E-state index in [0.29, 0.717) is 23.0 Å². The maximum Gasteiger partial charge on any atom is 0.259 e. The molecule has 134 valence electrons. The lowest BCUT2D eigenvalue weighted by Crippen LogP contribution is -2.30. The molecule has 0 spiro atoms. The first-order valence-corrected chi connectivity index (χ1v) is 8.95. The van der Waals surface area contributed by atoms with Crippen LogP contribution in [0.3, 0.4) is 0 Å². The van der Waals surface area contributed by atoms with E-state index in [1.54, 1.807) is 16.6 Å². The summed E-state index contributed by atoms with van der Waals surface area (Å²) in [5.41, 5.74) is 3.27. The van der Waals surface area contributed by atoms with Gasteiger partial charge in [-0.25, -0.2) is 4.68 Å². The Morgan fingerprint density at radius 2 is 1.69 bits per heavy atom. The number of halogens is 1. The largest absolute Gasteiger partial charge is 0.335 e. The second-order valence-corrected chi connectivity index (χ2v) is 6.76. The maximum absolute atomic E-state index is 13.1. The van der Waals surface area contributed by atoms with Crippen molar-refractivity contribution in [3.05, 3.63) is 88.2 Å². The Morgan fingerprint density at radius 1 is 1.12 bits per heavy atom. The molecule has 1 heterocycles. The molecule has 0 radical (unpaired) electrons. The molecule has 0 fully saturated rings. The lowest BCUT2D eigenvalue weighted by atomic mass is 10.1. The second kappa shape index (κ2) is 7.75. The first-order valence-electron chi connectivity index (χ1n) is 8.58. The third-order valence-corrected chi connectivity index (χ3v) is 5.02. The molecule has 0 aliphatic heterocycles.